The first kappa shape index (κ1) is 14.2. The molecule has 0 aliphatic rings. The molecule has 0 saturated carbocycles. The van der Waals surface area contributed by atoms with E-state index in [9.17, 15) is 0 Å². The van der Waals surface area contributed by atoms with Gasteiger partial charge in [-0.1, -0.05) is 20.8 Å². The minimum Gasteiger partial charge on any atom is -0.497 e. The van der Waals surface area contributed by atoms with Crippen molar-refractivity contribution in [3.63, 3.8) is 0 Å². The fourth-order valence-corrected chi connectivity index (χ4v) is 2.28. The predicted molar refractivity (Wildman–Crippen MR) is 79.9 cm³/mol. The van der Waals surface area contributed by atoms with Crippen molar-refractivity contribution in [2.45, 2.75) is 39.6 Å². The van der Waals surface area contributed by atoms with Crippen molar-refractivity contribution in [1.82, 2.24) is 9.55 Å². The molecule has 0 unspecified atom stereocenters. The van der Waals surface area contributed by atoms with Gasteiger partial charge in [-0.3, -0.25) is 0 Å². The number of imidazole rings is 1. The van der Waals surface area contributed by atoms with Gasteiger partial charge in [-0.15, -0.1) is 11.6 Å². The van der Waals surface area contributed by atoms with Crippen molar-refractivity contribution in [3.8, 4) is 5.75 Å². The Hall–Kier alpha value is -1.22. The Balaban J connectivity index is 2.43. The maximum absolute atomic E-state index is 6.01. The summed E-state index contributed by atoms with van der Waals surface area (Å²) in [5, 5.41) is 0. The second-order valence-electron chi connectivity index (χ2n) is 5.98. The Labute approximate surface area is 119 Å². The number of alkyl halides is 1. The SMILES string of the molecule is COc1ccc2nc(CCl)n(CCC(C)(C)C)c2c1. The van der Waals surface area contributed by atoms with E-state index in [4.69, 9.17) is 16.3 Å². The lowest BCUT2D eigenvalue weighted by atomic mass is 9.92. The van der Waals surface area contributed by atoms with Crippen molar-refractivity contribution in [1.29, 1.82) is 0 Å². The van der Waals surface area contributed by atoms with Gasteiger partial charge in [0, 0.05) is 12.6 Å². The smallest absolute Gasteiger partial charge is 0.124 e. The predicted octanol–water partition coefficient (Wildman–Crippen LogP) is 4.22. The van der Waals surface area contributed by atoms with E-state index in [0.717, 1.165) is 35.6 Å². The summed E-state index contributed by atoms with van der Waals surface area (Å²) in [7, 11) is 1.68. The molecule has 0 atom stereocenters. The molecule has 19 heavy (non-hydrogen) atoms. The standard InChI is InChI=1S/C15H21ClN2O/c1-15(2,3)7-8-18-13-9-11(19-4)5-6-12(13)17-14(18)10-16/h5-6,9H,7-8,10H2,1-4H3. The molecule has 3 nitrogen and oxygen atoms in total. The number of nitrogens with zero attached hydrogens (tertiary/aromatic N) is 2. The van der Waals surface area contributed by atoms with Crippen LogP contribution in [0.5, 0.6) is 5.75 Å². The van der Waals surface area contributed by atoms with Crippen LogP contribution in [0.2, 0.25) is 0 Å². The number of fused-ring (bicyclic) bond motifs is 1. The average molecular weight is 281 g/mol. The number of hydrogen-bond acceptors (Lipinski definition) is 2. The van der Waals surface area contributed by atoms with Gasteiger partial charge in [0.1, 0.15) is 11.6 Å². The highest BCUT2D eigenvalue weighted by Crippen LogP contribution is 2.26. The number of hydrogen-bond donors (Lipinski definition) is 0. The molecule has 1 aromatic heterocycles. The molecule has 0 amide bonds. The Morgan fingerprint density at radius 2 is 2.05 bits per heavy atom. The second kappa shape index (κ2) is 5.41. The van der Waals surface area contributed by atoms with Gasteiger partial charge in [0.15, 0.2) is 0 Å². The van der Waals surface area contributed by atoms with Crippen molar-refractivity contribution in [3.05, 3.63) is 24.0 Å². The topological polar surface area (TPSA) is 27.1 Å². The molecule has 0 radical (unpaired) electrons. The lowest BCUT2D eigenvalue weighted by Gasteiger charge is -2.19. The van der Waals surface area contributed by atoms with Gasteiger partial charge in [-0.2, -0.15) is 0 Å². The first-order valence-electron chi connectivity index (χ1n) is 6.54. The van der Waals surface area contributed by atoms with Gasteiger partial charge in [-0.05, 0) is 24.0 Å². The summed E-state index contributed by atoms with van der Waals surface area (Å²) in [5.74, 6) is 2.21. The third-order valence-corrected chi connectivity index (χ3v) is 3.48. The van der Waals surface area contributed by atoms with E-state index in [1.165, 1.54) is 0 Å². The van der Waals surface area contributed by atoms with E-state index in [2.05, 4.69) is 30.3 Å². The number of halogens is 1. The highest BCUT2D eigenvalue weighted by molar-refractivity contribution is 6.16. The Morgan fingerprint density at radius 3 is 2.63 bits per heavy atom. The quantitative estimate of drug-likeness (QED) is 0.784. The van der Waals surface area contributed by atoms with E-state index in [-0.39, 0.29) is 0 Å². The maximum atomic E-state index is 6.01. The summed E-state index contributed by atoms with van der Waals surface area (Å²) >= 11 is 6.01. The molecule has 104 valence electrons. The molecule has 0 saturated heterocycles. The van der Waals surface area contributed by atoms with E-state index >= 15 is 0 Å². The van der Waals surface area contributed by atoms with Crippen molar-refractivity contribution in [2.24, 2.45) is 5.41 Å². The summed E-state index contributed by atoms with van der Waals surface area (Å²) in [6.07, 6.45) is 1.08. The molecule has 1 heterocycles. The van der Waals surface area contributed by atoms with Crippen molar-refractivity contribution in [2.75, 3.05) is 7.11 Å². The summed E-state index contributed by atoms with van der Waals surface area (Å²) in [5.41, 5.74) is 2.36. The minimum absolute atomic E-state index is 0.291. The Bertz CT molecular complexity index is 569. The molecule has 1 aromatic carbocycles. The van der Waals surface area contributed by atoms with Crippen LogP contribution >= 0.6 is 11.6 Å². The van der Waals surface area contributed by atoms with Crippen LogP contribution in [0.4, 0.5) is 0 Å². The first-order valence-corrected chi connectivity index (χ1v) is 7.07. The lowest BCUT2D eigenvalue weighted by molar-refractivity contribution is 0.351. The van der Waals surface area contributed by atoms with Crippen LogP contribution in [0, 0.1) is 5.41 Å². The number of ether oxygens (including phenoxy) is 1. The van der Waals surface area contributed by atoms with Crippen LogP contribution in [0.15, 0.2) is 18.2 Å². The largest absolute Gasteiger partial charge is 0.497 e. The number of aryl methyl sites for hydroxylation is 1. The van der Waals surface area contributed by atoms with Crippen LogP contribution in [0.25, 0.3) is 11.0 Å². The first-order chi connectivity index (χ1) is 8.94. The molecule has 4 heteroatoms. The molecule has 0 aliphatic carbocycles. The summed E-state index contributed by atoms with van der Waals surface area (Å²) in [6, 6.07) is 5.94. The normalized spacial score (nSPS) is 12.1. The summed E-state index contributed by atoms with van der Waals surface area (Å²) in [4.78, 5) is 4.58. The molecule has 0 aliphatic heterocycles. The second-order valence-corrected chi connectivity index (χ2v) is 6.25. The molecule has 0 spiro atoms. The fraction of sp³-hybridized carbons (Fsp3) is 0.533. The van der Waals surface area contributed by atoms with Gasteiger partial charge in [-0.25, -0.2) is 4.98 Å². The monoisotopic (exact) mass is 280 g/mol. The average Bonchev–Trinajstić information content (AvgIpc) is 2.72. The Morgan fingerprint density at radius 1 is 1.32 bits per heavy atom. The van der Waals surface area contributed by atoms with E-state index < -0.39 is 0 Å². The summed E-state index contributed by atoms with van der Waals surface area (Å²) in [6.45, 7) is 7.66. The molecular formula is C15H21ClN2O. The number of aromatic nitrogens is 2. The number of methoxy groups -OCH3 is 1. The fourth-order valence-electron chi connectivity index (χ4n) is 2.08. The Kier molecular flexibility index (Phi) is 4.04. The highest BCUT2D eigenvalue weighted by atomic mass is 35.5. The van der Waals surface area contributed by atoms with E-state index in [1.807, 2.05) is 18.2 Å². The van der Waals surface area contributed by atoms with Crippen molar-refractivity contribution >= 4 is 22.6 Å². The molecule has 2 aromatic rings. The van der Waals surface area contributed by atoms with Crippen LogP contribution in [0.1, 0.15) is 33.0 Å². The minimum atomic E-state index is 0.291. The van der Waals surface area contributed by atoms with Crippen LogP contribution < -0.4 is 4.74 Å². The van der Waals surface area contributed by atoms with Gasteiger partial charge < -0.3 is 9.30 Å². The van der Waals surface area contributed by atoms with Gasteiger partial charge in [0.25, 0.3) is 0 Å². The van der Waals surface area contributed by atoms with Crippen molar-refractivity contribution < 1.29 is 4.74 Å². The van der Waals surface area contributed by atoms with Crippen LogP contribution in [0.3, 0.4) is 0 Å². The third kappa shape index (κ3) is 3.21. The van der Waals surface area contributed by atoms with Crippen LogP contribution in [-0.4, -0.2) is 16.7 Å². The summed E-state index contributed by atoms with van der Waals surface area (Å²) < 4.78 is 7.50. The third-order valence-electron chi connectivity index (χ3n) is 3.24. The number of benzene rings is 1. The molecule has 2 rings (SSSR count). The zero-order chi connectivity index (χ0) is 14.0. The van der Waals surface area contributed by atoms with Crippen LogP contribution in [-0.2, 0) is 12.4 Å². The van der Waals surface area contributed by atoms with Gasteiger partial charge >= 0.3 is 0 Å². The van der Waals surface area contributed by atoms with Gasteiger partial charge in [0.05, 0.1) is 24.0 Å². The molecule has 0 N–H and O–H groups in total. The zero-order valence-corrected chi connectivity index (χ0v) is 12.8. The highest BCUT2D eigenvalue weighted by Gasteiger charge is 2.15. The zero-order valence-electron chi connectivity index (χ0n) is 12.0. The molecule has 0 bridgehead atoms. The van der Waals surface area contributed by atoms with E-state index in [1.54, 1.807) is 7.11 Å². The molecular weight excluding hydrogens is 260 g/mol. The maximum Gasteiger partial charge on any atom is 0.124 e. The number of rotatable bonds is 4. The lowest BCUT2D eigenvalue weighted by Crippen LogP contribution is -2.12. The van der Waals surface area contributed by atoms with Gasteiger partial charge in [0.2, 0.25) is 0 Å². The molecule has 0 fully saturated rings. The van der Waals surface area contributed by atoms with E-state index in [0.29, 0.717) is 11.3 Å².